The number of hydrogen-bond acceptors (Lipinski definition) is 4. The highest BCUT2D eigenvalue weighted by Crippen LogP contribution is 2.26. The molecule has 0 amide bonds. The number of alkyl halides is 3. The minimum absolute atomic E-state index is 0.141. The van der Waals surface area contributed by atoms with Crippen LogP contribution in [-0.2, 0) is 10.0 Å². The average Bonchev–Trinajstić information content (AvgIpc) is 2.66. The molecule has 0 unspecified atom stereocenters. The number of hydrogen-bond donors (Lipinski definition) is 2. The first kappa shape index (κ1) is 16.9. The van der Waals surface area contributed by atoms with Crippen molar-refractivity contribution >= 4 is 27.3 Å². The van der Waals surface area contributed by atoms with Gasteiger partial charge < -0.3 is 5.11 Å². The lowest BCUT2D eigenvalue weighted by Gasteiger charge is -2.08. The summed E-state index contributed by atoms with van der Waals surface area (Å²) in [5, 5.41) is 8.76. The van der Waals surface area contributed by atoms with Gasteiger partial charge in [-0.3, -0.25) is 0 Å². The van der Waals surface area contributed by atoms with Gasteiger partial charge in [0.25, 0.3) is 0 Å². The molecule has 0 saturated heterocycles. The van der Waals surface area contributed by atoms with E-state index in [1.807, 2.05) is 4.72 Å². The number of thiophene rings is 1. The molecule has 1 rings (SSSR count). The standard InChI is InChI=1S/C10H12F3NO4S2/c1-6-8(5-7(19-6)9(15)16)20(17,18)14-4-2-3-10(11,12)13/h5,14H,2-4H2,1H3,(H,15,16). The summed E-state index contributed by atoms with van der Waals surface area (Å²) in [5.41, 5.74) is 0. The lowest BCUT2D eigenvalue weighted by molar-refractivity contribution is -0.135. The van der Waals surface area contributed by atoms with Crippen molar-refractivity contribution in [2.45, 2.75) is 30.8 Å². The Hall–Kier alpha value is -1.13. The topological polar surface area (TPSA) is 83.5 Å². The second-order valence-electron chi connectivity index (χ2n) is 3.95. The number of rotatable bonds is 6. The van der Waals surface area contributed by atoms with Crippen molar-refractivity contribution < 1.29 is 31.5 Å². The van der Waals surface area contributed by atoms with E-state index >= 15 is 0 Å². The number of halogens is 3. The number of carboxylic acid groups (broad SMARTS) is 1. The molecule has 0 aromatic carbocycles. The van der Waals surface area contributed by atoms with Crippen LogP contribution in [0.3, 0.4) is 0 Å². The van der Waals surface area contributed by atoms with Crippen LogP contribution in [-0.4, -0.2) is 32.2 Å². The van der Waals surface area contributed by atoms with E-state index in [1.165, 1.54) is 6.92 Å². The second kappa shape index (κ2) is 6.10. The van der Waals surface area contributed by atoms with Gasteiger partial charge in [0.05, 0.1) is 4.90 Å². The highest BCUT2D eigenvalue weighted by atomic mass is 32.2. The van der Waals surface area contributed by atoms with E-state index in [9.17, 15) is 26.4 Å². The third-order valence-corrected chi connectivity index (χ3v) is 5.06. The van der Waals surface area contributed by atoms with Crippen LogP contribution in [0.1, 0.15) is 27.4 Å². The van der Waals surface area contributed by atoms with Crippen molar-refractivity contribution in [3.63, 3.8) is 0 Å². The quantitative estimate of drug-likeness (QED) is 0.784. The summed E-state index contributed by atoms with van der Waals surface area (Å²) in [6.07, 6.45) is -5.80. The normalized spacial score (nSPS) is 12.6. The highest BCUT2D eigenvalue weighted by Gasteiger charge is 2.27. The lowest BCUT2D eigenvalue weighted by atomic mass is 10.3. The van der Waals surface area contributed by atoms with E-state index in [1.54, 1.807) is 0 Å². The van der Waals surface area contributed by atoms with E-state index in [0.717, 1.165) is 17.4 Å². The van der Waals surface area contributed by atoms with E-state index in [0.29, 0.717) is 0 Å². The molecule has 0 aliphatic heterocycles. The van der Waals surface area contributed by atoms with Crippen molar-refractivity contribution in [1.82, 2.24) is 4.72 Å². The zero-order valence-electron chi connectivity index (χ0n) is 10.3. The average molecular weight is 331 g/mol. The van der Waals surface area contributed by atoms with Gasteiger partial charge in [0.2, 0.25) is 10.0 Å². The molecule has 1 heterocycles. The van der Waals surface area contributed by atoms with Crippen LogP contribution in [0.2, 0.25) is 0 Å². The van der Waals surface area contributed by atoms with E-state index in [-0.39, 0.29) is 27.6 Å². The van der Waals surface area contributed by atoms with Gasteiger partial charge in [-0.25, -0.2) is 17.9 Å². The summed E-state index contributed by atoms with van der Waals surface area (Å²) in [6.45, 7) is 1.07. The summed E-state index contributed by atoms with van der Waals surface area (Å²) in [6, 6.07) is 0.994. The van der Waals surface area contributed by atoms with Crippen LogP contribution in [0.15, 0.2) is 11.0 Å². The summed E-state index contributed by atoms with van der Waals surface area (Å²) < 4.78 is 61.4. The minimum atomic E-state index is -4.33. The molecule has 0 bridgehead atoms. The molecule has 0 fully saturated rings. The Kier molecular flexibility index (Phi) is 5.16. The van der Waals surface area contributed by atoms with Gasteiger partial charge in [-0.1, -0.05) is 0 Å². The van der Waals surface area contributed by atoms with E-state index in [2.05, 4.69) is 0 Å². The molecule has 114 valence electrons. The SMILES string of the molecule is Cc1sc(C(=O)O)cc1S(=O)(=O)NCCCC(F)(F)F. The zero-order chi connectivity index (χ0) is 15.6. The number of carbonyl (C=O) groups is 1. The molecule has 0 saturated carbocycles. The van der Waals surface area contributed by atoms with Crippen molar-refractivity contribution in [2.24, 2.45) is 0 Å². The number of sulfonamides is 1. The largest absolute Gasteiger partial charge is 0.477 e. The molecular formula is C10H12F3NO4S2. The van der Waals surface area contributed by atoms with E-state index < -0.39 is 28.6 Å². The monoisotopic (exact) mass is 331 g/mol. The van der Waals surface area contributed by atoms with Crippen LogP contribution in [0.4, 0.5) is 13.2 Å². The van der Waals surface area contributed by atoms with Crippen molar-refractivity contribution in [2.75, 3.05) is 6.54 Å². The first-order valence-corrected chi connectivity index (χ1v) is 7.73. The van der Waals surface area contributed by atoms with Gasteiger partial charge in [-0.15, -0.1) is 11.3 Å². The van der Waals surface area contributed by atoms with Gasteiger partial charge >= 0.3 is 12.1 Å². The molecule has 10 heteroatoms. The van der Waals surface area contributed by atoms with Crippen molar-refractivity contribution in [1.29, 1.82) is 0 Å². The van der Waals surface area contributed by atoms with Crippen molar-refractivity contribution in [3.8, 4) is 0 Å². The molecule has 2 N–H and O–H groups in total. The van der Waals surface area contributed by atoms with Gasteiger partial charge in [0.1, 0.15) is 4.88 Å². The first-order valence-electron chi connectivity index (χ1n) is 5.43. The Balaban J connectivity index is 2.72. The number of nitrogens with one attached hydrogen (secondary N) is 1. The van der Waals surface area contributed by atoms with E-state index in [4.69, 9.17) is 5.11 Å². The molecule has 5 nitrogen and oxygen atoms in total. The molecule has 0 aliphatic rings. The van der Waals surface area contributed by atoms with Gasteiger partial charge in [0, 0.05) is 17.8 Å². The van der Waals surface area contributed by atoms with Gasteiger partial charge in [-0.2, -0.15) is 13.2 Å². The van der Waals surface area contributed by atoms with Gasteiger partial charge in [-0.05, 0) is 19.4 Å². The maximum atomic E-state index is 11.9. The zero-order valence-corrected chi connectivity index (χ0v) is 12.0. The molecule has 0 aliphatic carbocycles. The smallest absolute Gasteiger partial charge is 0.389 e. The van der Waals surface area contributed by atoms with Crippen LogP contribution >= 0.6 is 11.3 Å². The Morgan fingerprint density at radius 2 is 2.05 bits per heavy atom. The van der Waals surface area contributed by atoms with Crippen LogP contribution < -0.4 is 4.72 Å². The maximum Gasteiger partial charge on any atom is 0.389 e. The summed E-state index contributed by atoms with van der Waals surface area (Å²) in [7, 11) is -3.99. The Morgan fingerprint density at radius 1 is 1.45 bits per heavy atom. The second-order valence-corrected chi connectivity index (χ2v) is 6.94. The fourth-order valence-corrected chi connectivity index (χ4v) is 3.91. The summed E-state index contributed by atoms with van der Waals surface area (Å²) in [4.78, 5) is 10.6. The highest BCUT2D eigenvalue weighted by molar-refractivity contribution is 7.89. The molecular weight excluding hydrogens is 319 g/mol. The molecule has 0 atom stereocenters. The molecule has 1 aromatic rings. The predicted octanol–water partition coefficient (Wildman–Crippen LogP) is 2.38. The maximum absolute atomic E-state index is 11.9. The third-order valence-electron chi connectivity index (χ3n) is 2.30. The molecule has 0 spiro atoms. The summed E-state index contributed by atoms with van der Waals surface area (Å²) >= 11 is 0.794. The predicted molar refractivity (Wildman–Crippen MR) is 66.5 cm³/mol. The first-order chi connectivity index (χ1) is 9.03. The van der Waals surface area contributed by atoms with Crippen LogP contribution in [0, 0.1) is 6.92 Å². The third kappa shape index (κ3) is 4.76. The Bertz CT molecular complexity index is 592. The molecule has 0 radical (unpaired) electrons. The van der Waals surface area contributed by atoms with Crippen LogP contribution in [0.25, 0.3) is 0 Å². The van der Waals surface area contributed by atoms with Gasteiger partial charge in [0.15, 0.2) is 0 Å². The molecule has 20 heavy (non-hydrogen) atoms. The van der Waals surface area contributed by atoms with Crippen molar-refractivity contribution in [3.05, 3.63) is 15.8 Å². The Labute approximate surface area is 117 Å². The minimum Gasteiger partial charge on any atom is -0.477 e. The van der Waals surface area contributed by atoms with Crippen LogP contribution in [0.5, 0.6) is 0 Å². The lowest BCUT2D eigenvalue weighted by Crippen LogP contribution is -2.26. The number of aryl methyl sites for hydroxylation is 1. The fraction of sp³-hybridized carbons (Fsp3) is 0.500. The Morgan fingerprint density at radius 3 is 2.50 bits per heavy atom. The number of carboxylic acids is 1. The number of aromatic carboxylic acids is 1. The summed E-state index contributed by atoms with van der Waals surface area (Å²) in [5.74, 6) is -1.25. The fourth-order valence-electron chi connectivity index (χ4n) is 1.41. The molecule has 1 aromatic heterocycles.